The third-order valence-electron chi connectivity index (χ3n) is 5.28. The molecule has 0 bridgehead atoms. The van der Waals surface area contributed by atoms with Crippen LogP contribution in [-0.4, -0.2) is 37.3 Å². The predicted octanol–water partition coefficient (Wildman–Crippen LogP) is 2.82. The Hall–Kier alpha value is -3.10. The lowest BCUT2D eigenvalue weighted by Crippen LogP contribution is -2.36. The number of carbonyl (C=O) groups excluding carboxylic acids is 1. The summed E-state index contributed by atoms with van der Waals surface area (Å²) in [7, 11) is 1.82. The number of amides is 1. The molecule has 2 aromatic heterocycles. The molecule has 5 rings (SSSR count). The monoisotopic (exact) mass is 385 g/mol. The van der Waals surface area contributed by atoms with Crippen molar-refractivity contribution in [2.75, 3.05) is 6.54 Å². The van der Waals surface area contributed by atoms with Crippen molar-refractivity contribution in [2.45, 2.75) is 31.7 Å². The van der Waals surface area contributed by atoms with E-state index < -0.39 is 17.5 Å². The number of rotatable bonds is 3. The van der Waals surface area contributed by atoms with Crippen LogP contribution in [0.4, 0.5) is 8.78 Å². The summed E-state index contributed by atoms with van der Waals surface area (Å²) in [5.41, 5.74) is 2.02. The smallest absolute Gasteiger partial charge is 0.278 e. The molecule has 1 amide bonds. The molecule has 7 nitrogen and oxygen atoms in total. The van der Waals surface area contributed by atoms with Gasteiger partial charge >= 0.3 is 0 Å². The van der Waals surface area contributed by atoms with Crippen LogP contribution in [0.5, 0.6) is 0 Å². The van der Waals surface area contributed by atoms with E-state index in [0.29, 0.717) is 36.3 Å². The molecule has 144 valence electrons. The lowest BCUT2D eigenvalue weighted by molar-refractivity contribution is 0.0728. The molecule has 9 heteroatoms. The molecule has 3 heterocycles. The normalized spacial score (nSPS) is 16.3. The highest BCUT2D eigenvalue weighted by molar-refractivity contribution is 5.94. The Morgan fingerprint density at radius 3 is 2.89 bits per heavy atom. The second kappa shape index (κ2) is 6.22. The Morgan fingerprint density at radius 2 is 2.11 bits per heavy atom. The van der Waals surface area contributed by atoms with Crippen LogP contribution >= 0.6 is 0 Å². The van der Waals surface area contributed by atoms with E-state index in [9.17, 15) is 13.6 Å². The van der Waals surface area contributed by atoms with Gasteiger partial charge in [-0.2, -0.15) is 10.1 Å². The number of nitrogens with zero attached hydrogens (tertiary/aromatic N) is 5. The summed E-state index contributed by atoms with van der Waals surface area (Å²) in [4.78, 5) is 18.7. The van der Waals surface area contributed by atoms with Crippen LogP contribution in [0.3, 0.4) is 0 Å². The standard InChI is InChI=1S/C19H17F2N5O2/c1-25-15-6-7-26(19(27)12-8-11(20)4-5-14(12)21)9-13(15)16(23-25)18-22-17(24-28-18)10-2-3-10/h4-5,8,10H,2-3,6-7,9H2,1H3. The van der Waals surface area contributed by atoms with E-state index >= 15 is 0 Å². The molecule has 2 aliphatic rings. The molecule has 0 unspecified atom stereocenters. The molecule has 1 aliphatic heterocycles. The van der Waals surface area contributed by atoms with Crippen molar-refractivity contribution in [3.8, 4) is 11.6 Å². The summed E-state index contributed by atoms with van der Waals surface area (Å²) in [5, 5.41) is 8.53. The number of hydrogen-bond donors (Lipinski definition) is 0. The van der Waals surface area contributed by atoms with Crippen LogP contribution in [0, 0.1) is 11.6 Å². The molecule has 0 radical (unpaired) electrons. The molecule has 0 N–H and O–H groups in total. The van der Waals surface area contributed by atoms with Gasteiger partial charge in [0.1, 0.15) is 11.6 Å². The van der Waals surface area contributed by atoms with Crippen LogP contribution in [0.2, 0.25) is 0 Å². The number of halogens is 2. The molecule has 1 aliphatic carbocycles. The largest absolute Gasteiger partial charge is 0.334 e. The highest BCUT2D eigenvalue weighted by atomic mass is 19.1. The average molecular weight is 385 g/mol. The first-order chi connectivity index (χ1) is 13.5. The predicted molar refractivity (Wildman–Crippen MR) is 93.3 cm³/mol. The number of hydrogen-bond acceptors (Lipinski definition) is 5. The first-order valence-corrected chi connectivity index (χ1v) is 9.14. The Balaban J connectivity index is 1.47. The molecule has 0 spiro atoms. The van der Waals surface area contributed by atoms with E-state index in [0.717, 1.165) is 42.3 Å². The van der Waals surface area contributed by atoms with E-state index in [1.54, 1.807) is 4.68 Å². The first kappa shape index (κ1) is 17.0. The minimum Gasteiger partial charge on any atom is -0.334 e. The van der Waals surface area contributed by atoms with Gasteiger partial charge in [-0.15, -0.1) is 0 Å². The van der Waals surface area contributed by atoms with Crippen molar-refractivity contribution in [1.82, 2.24) is 24.8 Å². The van der Waals surface area contributed by atoms with Crippen LogP contribution < -0.4 is 0 Å². The molecular weight excluding hydrogens is 368 g/mol. The van der Waals surface area contributed by atoms with Crippen molar-refractivity contribution < 1.29 is 18.1 Å². The first-order valence-electron chi connectivity index (χ1n) is 9.14. The van der Waals surface area contributed by atoms with Crippen molar-refractivity contribution in [2.24, 2.45) is 7.05 Å². The van der Waals surface area contributed by atoms with Crippen molar-refractivity contribution >= 4 is 5.91 Å². The summed E-state index contributed by atoms with van der Waals surface area (Å²) in [6.07, 6.45) is 2.66. The van der Waals surface area contributed by atoms with Crippen molar-refractivity contribution in [3.63, 3.8) is 0 Å². The van der Waals surface area contributed by atoms with Crippen LogP contribution in [-0.2, 0) is 20.0 Å². The van der Waals surface area contributed by atoms with Gasteiger partial charge in [0.25, 0.3) is 11.8 Å². The Bertz CT molecular complexity index is 1090. The molecular formula is C19H17F2N5O2. The van der Waals surface area contributed by atoms with Crippen LogP contribution in [0.25, 0.3) is 11.6 Å². The van der Waals surface area contributed by atoms with Crippen LogP contribution in [0.15, 0.2) is 22.7 Å². The molecule has 1 aromatic carbocycles. The molecule has 1 fully saturated rings. The maximum Gasteiger partial charge on any atom is 0.278 e. The third-order valence-corrected chi connectivity index (χ3v) is 5.28. The van der Waals surface area contributed by atoms with Gasteiger partial charge in [0.15, 0.2) is 11.5 Å². The summed E-state index contributed by atoms with van der Waals surface area (Å²) >= 11 is 0. The van der Waals surface area contributed by atoms with E-state index in [-0.39, 0.29) is 12.1 Å². The summed E-state index contributed by atoms with van der Waals surface area (Å²) in [5.74, 6) is -0.588. The van der Waals surface area contributed by atoms with Gasteiger partial charge in [0.2, 0.25) is 0 Å². The fraction of sp³-hybridized carbons (Fsp3) is 0.368. The second-order valence-electron chi connectivity index (χ2n) is 7.23. The molecule has 0 saturated heterocycles. The Kier molecular flexibility index (Phi) is 3.78. The lowest BCUT2D eigenvalue weighted by Gasteiger charge is -2.27. The highest BCUT2D eigenvalue weighted by Gasteiger charge is 2.33. The van der Waals surface area contributed by atoms with Gasteiger partial charge in [0.05, 0.1) is 12.1 Å². The molecule has 3 aromatic rings. The fourth-order valence-corrected chi connectivity index (χ4v) is 3.61. The summed E-state index contributed by atoms with van der Waals surface area (Å²) in [6.45, 7) is 0.604. The second-order valence-corrected chi connectivity index (χ2v) is 7.23. The van der Waals surface area contributed by atoms with Gasteiger partial charge in [-0.1, -0.05) is 5.16 Å². The minimum absolute atomic E-state index is 0.217. The molecule has 1 saturated carbocycles. The van der Waals surface area contributed by atoms with Gasteiger partial charge in [-0.3, -0.25) is 9.48 Å². The zero-order valence-corrected chi connectivity index (χ0v) is 15.2. The third kappa shape index (κ3) is 2.78. The van der Waals surface area contributed by atoms with Crippen LogP contribution in [0.1, 0.15) is 46.2 Å². The lowest BCUT2D eigenvalue weighted by atomic mass is 10.0. The number of aromatic nitrogens is 4. The van der Waals surface area contributed by atoms with E-state index in [1.807, 2.05) is 7.05 Å². The van der Waals surface area contributed by atoms with E-state index in [4.69, 9.17) is 4.52 Å². The maximum atomic E-state index is 14.0. The SMILES string of the molecule is Cn1nc(-c2nc(C3CC3)no2)c2c1CCN(C(=O)c1cc(F)ccc1F)C2. The average Bonchev–Trinajstić information content (AvgIpc) is 3.34. The minimum atomic E-state index is -0.741. The number of carbonyl (C=O) groups is 1. The summed E-state index contributed by atoms with van der Waals surface area (Å²) < 4.78 is 34.7. The van der Waals surface area contributed by atoms with Crippen molar-refractivity contribution in [1.29, 1.82) is 0 Å². The van der Waals surface area contributed by atoms with E-state index in [1.165, 1.54) is 4.90 Å². The van der Waals surface area contributed by atoms with Gasteiger partial charge in [-0.25, -0.2) is 8.78 Å². The van der Waals surface area contributed by atoms with E-state index in [2.05, 4.69) is 15.2 Å². The topological polar surface area (TPSA) is 77.1 Å². The molecule has 28 heavy (non-hydrogen) atoms. The zero-order valence-electron chi connectivity index (χ0n) is 15.2. The number of fused-ring (bicyclic) bond motifs is 1. The van der Waals surface area contributed by atoms with Crippen molar-refractivity contribution in [3.05, 3.63) is 52.5 Å². The van der Waals surface area contributed by atoms with Gasteiger partial charge in [-0.05, 0) is 31.0 Å². The highest BCUT2D eigenvalue weighted by Crippen LogP contribution is 2.39. The maximum absolute atomic E-state index is 14.0. The van der Waals surface area contributed by atoms with Gasteiger partial charge < -0.3 is 9.42 Å². The van der Waals surface area contributed by atoms with Gasteiger partial charge in [0, 0.05) is 37.2 Å². The summed E-state index contributed by atoms with van der Waals surface area (Å²) in [6, 6.07) is 2.88. The molecule has 0 atom stereocenters. The fourth-order valence-electron chi connectivity index (χ4n) is 3.61. The zero-order chi connectivity index (χ0) is 19.4. The Labute approximate surface area is 158 Å². The quantitative estimate of drug-likeness (QED) is 0.693. The number of aryl methyl sites for hydroxylation is 1. The number of benzene rings is 1. The Morgan fingerprint density at radius 1 is 1.29 bits per heavy atom.